The first-order chi connectivity index (χ1) is 6.49. The Kier molecular flexibility index (Phi) is 2.90. The lowest BCUT2D eigenvalue weighted by atomic mass is 10.1. The zero-order valence-electron chi connectivity index (χ0n) is 7.78. The summed E-state index contributed by atoms with van der Waals surface area (Å²) in [7, 11) is 0. The summed E-state index contributed by atoms with van der Waals surface area (Å²) in [4.78, 5) is 10.2. The van der Waals surface area contributed by atoms with Crippen molar-refractivity contribution < 1.29 is 9.65 Å². The van der Waals surface area contributed by atoms with Gasteiger partial charge in [-0.2, -0.15) is 4.73 Å². The molecule has 1 aromatic heterocycles. The van der Waals surface area contributed by atoms with Gasteiger partial charge in [0.25, 0.3) is 5.69 Å². The SMILES string of the molecule is Cc1c[n+]([O-])c(CCl)c(C)c1[N+](=O)[O-]. The van der Waals surface area contributed by atoms with E-state index in [2.05, 4.69) is 0 Å². The van der Waals surface area contributed by atoms with Crippen LogP contribution in [0, 0.1) is 29.2 Å². The molecule has 76 valence electrons. The lowest BCUT2D eigenvalue weighted by Crippen LogP contribution is -2.33. The van der Waals surface area contributed by atoms with Gasteiger partial charge < -0.3 is 5.21 Å². The van der Waals surface area contributed by atoms with Gasteiger partial charge in [0, 0.05) is 0 Å². The molecule has 0 fully saturated rings. The maximum absolute atomic E-state index is 11.3. The highest BCUT2D eigenvalue weighted by molar-refractivity contribution is 6.16. The Balaban J connectivity index is 3.52. The Bertz CT molecular complexity index is 393. The summed E-state index contributed by atoms with van der Waals surface area (Å²) in [5.41, 5.74) is 0.869. The number of hydrogen-bond acceptors (Lipinski definition) is 3. The van der Waals surface area contributed by atoms with Gasteiger partial charge in [-0.05, 0) is 13.8 Å². The highest BCUT2D eigenvalue weighted by Crippen LogP contribution is 2.23. The van der Waals surface area contributed by atoms with E-state index in [0.717, 1.165) is 0 Å². The molecule has 0 saturated carbocycles. The van der Waals surface area contributed by atoms with Crippen molar-refractivity contribution in [1.29, 1.82) is 0 Å². The third-order valence-electron chi connectivity index (χ3n) is 2.05. The van der Waals surface area contributed by atoms with Crippen LogP contribution in [0.3, 0.4) is 0 Å². The molecule has 0 aromatic carbocycles. The van der Waals surface area contributed by atoms with E-state index in [-0.39, 0.29) is 17.3 Å². The summed E-state index contributed by atoms with van der Waals surface area (Å²) in [6, 6.07) is 0. The smallest absolute Gasteiger partial charge is 0.287 e. The monoisotopic (exact) mass is 216 g/mol. The molecule has 1 aromatic rings. The molecule has 0 N–H and O–H groups in total. The van der Waals surface area contributed by atoms with Crippen LogP contribution < -0.4 is 4.73 Å². The molecule has 0 unspecified atom stereocenters. The predicted molar refractivity (Wildman–Crippen MR) is 51.1 cm³/mol. The third kappa shape index (κ3) is 1.63. The zero-order chi connectivity index (χ0) is 10.9. The van der Waals surface area contributed by atoms with Gasteiger partial charge in [-0.15, -0.1) is 11.6 Å². The number of rotatable bonds is 2. The largest absolute Gasteiger partial charge is 0.618 e. The van der Waals surface area contributed by atoms with Crippen LogP contribution in [0.4, 0.5) is 5.69 Å². The van der Waals surface area contributed by atoms with Crippen molar-refractivity contribution in [3.63, 3.8) is 0 Å². The molecular weight excluding hydrogens is 208 g/mol. The van der Waals surface area contributed by atoms with E-state index in [9.17, 15) is 15.3 Å². The maximum atomic E-state index is 11.3. The van der Waals surface area contributed by atoms with E-state index < -0.39 is 4.92 Å². The Morgan fingerprint density at radius 1 is 1.57 bits per heavy atom. The van der Waals surface area contributed by atoms with Gasteiger partial charge in [0.1, 0.15) is 5.88 Å². The van der Waals surface area contributed by atoms with Gasteiger partial charge in [-0.25, -0.2) is 0 Å². The van der Waals surface area contributed by atoms with Gasteiger partial charge in [0.05, 0.1) is 16.1 Å². The number of nitro groups is 1. The van der Waals surface area contributed by atoms with Crippen LogP contribution in [0.25, 0.3) is 0 Å². The molecule has 0 aliphatic carbocycles. The van der Waals surface area contributed by atoms with Crippen LogP contribution in [0.15, 0.2) is 6.20 Å². The van der Waals surface area contributed by atoms with Crippen LogP contribution in [0.5, 0.6) is 0 Å². The van der Waals surface area contributed by atoms with Gasteiger partial charge >= 0.3 is 0 Å². The number of halogens is 1. The molecular formula is C8H9ClN2O3. The van der Waals surface area contributed by atoms with Crippen molar-refractivity contribution in [3.05, 3.63) is 38.3 Å². The molecule has 0 amide bonds. The van der Waals surface area contributed by atoms with Crippen molar-refractivity contribution in [2.24, 2.45) is 0 Å². The van der Waals surface area contributed by atoms with E-state index in [1.807, 2.05) is 0 Å². The molecule has 5 nitrogen and oxygen atoms in total. The highest BCUT2D eigenvalue weighted by Gasteiger charge is 2.23. The minimum absolute atomic E-state index is 0.0313. The Hall–Kier alpha value is -1.36. The second kappa shape index (κ2) is 3.79. The molecule has 0 aliphatic heterocycles. The fourth-order valence-electron chi connectivity index (χ4n) is 1.35. The number of alkyl halides is 1. The Morgan fingerprint density at radius 3 is 2.57 bits per heavy atom. The van der Waals surface area contributed by atoms with E-state index in [4.69, 9.17) is 11.6 Å². The van der Waals surface area contributed by atoms with E-state index >= 15 is 0 Å². The molecule has 0 aliphatic rings. The van der Waals surface area contributed by atoms with Crippen LogP contribution in [-0.2, 0) is 5.88 Å². The van der Waals surface area contributed by atoms with Crippen molar-refractivity contribution >= 4 is 17.3 Å². The Labute approximate surface area is 85.7 Å². The topological polar surface area (TPSA) is 70.1 Å². The van der Waals surface area contributed by atoms with Crippen LogP contribution in [-0.4, -0.2) is 4.92 Å². The van der Waals surface area contributed by atoms with Gasteiger partial charge in [-0.3, -0.25) is 10.1 Å². The van der Waals surface area contributed by atoms with Crippen molar-refractivity contribution in [2.75, 3.05) is 0 Å². The van der Waals surface area contributed by atoms with Gasteiger partial charge in [0.15, 0.2) is 6.20 Å². The van der Waals surface area contributed by atoms with Crippen LogP contribution in [0.1, 0.15) is 16.8 Å². The summed E-state index contributed by atoms with van der Waals surface area (Å²) in [6.45, 7) is 3.05. The summed E-state index contributed by atoms with van der Waals surface area (Å²) in [5.74, 6) is -0.0313. The second-order valence-electron chi connectivity index (χ2n) is 2.95. The number of pyridine rings is 1. The number of aromatic nitrogens is 1. The van der Waals surface area contributed by atoms with Gasteiger partial charge in [-0.1, -0.05) is 0 Å². The molecule has 0 radical (unpaired) electrons. The fourth-order valence-corrected chi connectivity index (χ4v) is 1.67. The molecule has 1 heterocycles. The molecule has 0 saturated heterocycles. The average molecular weight is 217 g/mol. The summed E-state index contributed by atoms with van der Waals surface area (Å²) >= 11 is 5.52. The first kappa shape index (κ1) is 10.7. The lowest BCUT2D eigenvalue weighted by molar-refractivity contribution is -0.614. The lowest BCUT2D eigenvalue weighted by Gasteiger charge is -2.06. The number of aryl methyl sites for hydroxylation is 1. The highest BCUT2D eigenvalue weighted by atomic mass is 35.5. The standard InChI is InChI=1S/C8H9ClN2O3/c1-5-4-10(12)7(3-9)6(2)8(5)11(13)14/h4H,3H2,1-2H3. The normalized spacial score (nSPS) is 10.2. The number of hydrogen-bond donors (Lipinski definition) is 0. The molecule has 1 rings (SSSR count). The van der Waals surface area contributed by atoms with Crippen LogP contribution in [0.2, 0.25) is 0 Å². The summed E-state index contributed by atoms with van der Waals surface area (Å²) in [6.07, 6.45) is 1.17. The first-order valence-corrected chi connectivity index (χ1v) is 4.45. The van der Waals surface area contributed by atoms with Crippen molar-refractivity contribution in [3.8, 4) is 0 Å². The Morgan fingerprint density at radius 2 is 2.14 bits per heavy atom. The van der Waals surface area contributed by atoms with Crippen molar-refractivity contribution in [2.45, 2.75) is 19.7 Å². The zero-order valence-corrected chi connectivity index (χ0v) is 8.54. The molecule has 6 heteroatoms. The molecule has 0 bridgehead atoms. The fraction of sp³-hybridized carbons (Fsp3) is 0.375. The van der Waals surface area contributed by atoms with Gasteiger partial charge in [0.2, 0.25) is 5.69 Å². The first-order valence-electron chi connectivity index (χ1n) is 3.91. The molecule has 0 spiro atoms. The quantitative estimate of drug-likeness (QED) is 0.248. The maximum Gasteiger partial charge on any atom is 0.287 e. The molecule has 0 atom stereocenters. The summed E-state index contributed by atoms with van der Waals surface area (Å²) in [5, 5.41) is 21.9. The van der Waals surface area contributed by atoms with Crippen molar-refractivity contribution in [1.82, 2.24) is 0 Å². The number of nitrogens with zero attached hydrogens (tertiary/aromatic N) is 2. The van der Waals surface area contributed by atoms with E-state index in [0.29, 0.717) is 15.9 Å². The molecule has 14 heavy (non-hydrogen) atoms. The van der Waals surface area contributed by atoms with E-state index in [1.165, 1.54) is 20.0 Å². The predicted octanol–water partition coefficient (Wildman–Crippen LogP) is 1.58. The second-order valence-corrected chi connectivity index (χ2v) is 3.22. The summed E-state index contributed by atoms with van der Waals surface area (Å²) < 4.78 is 0.574. The minimum Gasteiger partial charge on any atom is -0.618 e. The third-order valence-corrected chi connectivity index (χ3v) is 2.30. The van der Waals surface area contributed by atoms with Crippen LogP contribution >= 0.6 is 11.6 Å². The average Bonchev–Trinajstić information content (AvgIpc) is 2.02. The van der Waals surface area contributed by atoms with E-state index in [1.54, 1.807) is 0 Å². The minimum atomic E-state index is -0.499.